The highest BCUT2D eigenvalue weighted by Gasteiger charge is 2.24. The van der Waals surface area contributed by atoms with Crippen LogP contribution in [-0.4, -0.2) is 23.8 Å². The van der Waals surface area contributed by atoms with Gasteiger partial charge in [-0.1, -0.05) is 32.9 Å². The highest BCUT2D eigenvalue weighted by Crippen LogP contribution is 2.13. The van der Waals surface area contributed by atoms with Crippen LogP contribution >= 0.6 is 0 Å². The summed E-state index contributed by atoms with van der Waals surface area (Å²) in [5.41, 5.74) is 1.08. The molecule has 6 heteroatoms. The third-order valence-electron chi connectivity index (χ3n) is 3.16. The van der Waals surface area contributed by atoms with E-state index in [1.54, 1.807) is 39.8 Å². The quantitative estimate of drug-likeness (QED) is 0.773. The molecule has 0 aliphatic rings. The zero-order chi connectivity index (χ0) is 17.6. The van der Waals surface area contributed by atoms with Crippen molar-refractivity contribution < 1.29 is 14.4 Å². The zero-order valence-corrected chi connectivity index (χ0v) is 14.3. The molecule has 0 bridgehead atoms. The SMILES string of the molecule is CC(=O)Nc1ccc(CNC(=O)[C@@H](C)NC(=O)C(C)(C)C)cc1. The van der Waals surface area contributed by atoms with E-state index in [1.807, 2.05) is 12.1 Å². The second-order valence-corrected chi connectivity index (χ2v) is 6.54. The van der Waals surface area contributed by atoms with Gasteiger partial charge in [-0.3, -0.25) is 14.4 Å². The minimum atomic E-state index is -0.597. The molecule has 1 atom stereocenters. The van der Waals surface area contributed by atoms with Gasteiger partial charge >= 0.3 is 0 Å². The topological polar surface area (TPSA) is 87.3 Å². The molecule has 0 aliphatic carbocycles. The van der Waals surface area contributed by atoms with E-state index in [0.29, 0.717) is 12.2 Å². The molecular formula is C17H25N3O3. The maximum Gasteiger partial charge on any atom is 0.242 e. The number of carbonyl (C=O) groups excluding carboxylic acids is 3. The number of hydrogen-bond donors (Lipinski definition) is 3. The van der Waals surface area contributed by atoms with E-state index in [9.17, 15) is 14.4 Å². The van der Waals surface area contributed by atoms with Crippen LogP contribution in [0.15, 0.2) is 24.3 Å². The molecule has 6 nitrogen and oxygen atoms in total. The fraction of sp³-hybridized carbons (Fsp3) is 0.471. The summed E-state index contributed by atoms with van der Waals surface area (Å²) in [4.78, 5) is 34.8. The van der Waals surface area contributed by atoms with Crippen LogP contribution in [-0.2, 0) is 20.9 Å². The molecule has 0 heterocycles. The number of benzene rings is 1. The number of amides is 3. The molecular weight excluding hydrogens is 294 g/mol. The van der Waals surface area contributed by atoms with E-state index in [1.165, 1.54) is 6.92 Å². The number of anilines is 1. The lowest BCUT2D eigenvalue weighted by molar-refractivity contribution is -0.133. The Kier molecular flexibility index (Phi) is 6.30. The van der Waals surface area contributed by atoms with Crippen LogP contribution in [0.1, 0.15) is 40.2 Å². The van der Waals surface area contributed by atoms with Crippen molar-refractivity contribution in [3.63, 3.8) is 0 Å². The zero-order valence-electron chi connectivity index (χ0n) is 14.3. The normalized spacial score (nSPS) is 12.2. The third kappa shape index (κ3) is 6.50. The van der Waals surface area contributed by atoms with Gasteiger partial charge in [-0.2, -0.15) is 0 Å². The summed E-state index contributed by atoms with van der Waals surface area (Å²) < 4.78 is 0. The summed E-state index contributed by atoms with van der Waals surface area (Å²) in [5, 5.41) is 8.14. The Balaban J connectivity index is 2.49. The molecule has 0 fully saturated rings. The van der Waals surface area contributed by atoms with Gasteiger partial charge in [0.25, 0.3) is 0 Å². The van der Waals surface area contributed by atoms with E-state index < -0.39 is 11.5 Å². The second-order valence-electron chi connectivity index (χ2n) is 6.54. The average Bonchev–Trinajstić information content (AvgIpc) is 2.44. The van der Waals surface area contributed by atoms with Gasteiger partial charge in [0.2, 0.25) is 17.7 Å². The van der Waals surface area contributed by atoms with Crippen molar-refractivity contribution in [1.82, 2.24) is 10.6 Å². The second kappa shape index (κ2) is 7.76. The van der Waals surface area contributed by atoms with E-state index >= 15 is 0 Å². The molecule has 1 rings (SSSR count). The highest BCUT2D eigenvalue weighted by molar-refractivity contribution is 5.89. The Morgan fingerprint density at radius 1 is 1.09 bits per heavy atom. The fourth-order valence-corrected chi connectivity index (χ4v) is 1.73. The summed E-state index contributed by atoms with van der Waals surface area (Å²) in [6, 6.07) is 6.59. The Morgan fingerprint density at radius 3 is 2.13 bits per heavy atom. The van der Waals surface area contributed by atoms with Crippen molar-refractivity contribution >= 4 is 23.4 Å². The summed E-state index contributed by atoms with van der Waals surface area (Å²) in [7, 11) is 0. The van der Waals surface area contributed by atoms with Crippen LogP contribution in [0, 0.1) is 5.41 Å². The lowest BCUT2D eigenvalue weighted by Gasteiger charge is -2.21. The molecule has 0 aromatic heterocycles. The van der Waals surface area contributed by atoms with Crippen LogP contribution in [0.4, 0.5) is 5.69 Å². The molecule has 0 aliphatic heterocycles. The first-order valence-electron chi connectivity index (χ1n) is 7.55. The van der Waals surface area contributed by atoms with E-state index in [-0.39, 0.29) is 17.7 Å². The summed E-state index contributed by atoms with van der Waals surface area (Å²) in [6.45, 7) is 8.84. The van der Waals surface area contributed by atoms with Crippen molar-refractivity contribution in [1.29, 1.82) is 0 Å². The van der Waals surface area contributed by atoms with Crippen molar-refractivity contribution in [3.05, 3.63) is 29.8 Å². The number of rotatable bonds is 5. The average molecular weight is 319 g/mol. The van der Waals surface area contributed by atoms with Crippen molar-refractivity contribution in [2.75, 3.05) is 5.32 Å². The van der Waals surface area contributed by atoms with Crippen LogP contribution in [0.25, 0.3) is 0 Å². The molecule has 1 aromatic carbocycles. The maximum absolute atomic E-state index is 12.0. The lowest BCUT2D eigenvalue weighted by Crippen LogP contribution is -2.48. The molecule has 23 heavy (non-hydrogen) atoms. The number of carbonyl (C=O) groups is 3. The molecule has 0 unspecified atom stereocenters. The Morgan fingerprint density at radius 2 is 1.65 bits per heavy atom. The summed E-state index contributed by atoms with van der Waals surface area (Å²) >= 11 is 0. The van der Waals surface area contributed by atoms with Crippen molar-refractivity contribution in [2.24, 2.45) is 5.41 Å². The first kappa shape index (κ1) is 18.7. The predicted molar refractivity (Wildman–Crippen MR) is 89.7 cm³/mol. The number of nitrogens with one attached hydrogen (secondary N) is 3. The Bertz CT molecular complexity index is 574. The van der Waals surface area contributed by atoms with E-state index in [0.717, 1.165) is 5.56 Å². The smallest absolute Gasteiger partial charge is 0.242 e. The monoisotopic (exact) mass is 319 g/mol. The molecule has 0 saturated heterocycles. The van der Waals surface area contributed by atoms with Crippen LogP contribution in [0.2, 0.25) is 0 Å². The third-order valence-corrected chi connectivity index (χ3v) is 3.16. The van der Waals surface area contributed by atoms with Gasteiger partial charge in [-0.25, -0.2) is 0 Å². The van der Waals surface area contributed by atoms with Crippen molar-refractivity contribution in [3.8, 4) is 0 Å². The molecule has 126 valence electrons. The van der Waals surface area contributed by atoms with Crippen LogP contribution in [0.5, 0.6) is 0 Å². The van der Waals surface area contributed by atoms with Gasteiger partial charge in [0.15, 0.2) is 0 Å². The minimum Gasteiger partial charge on any atom is -0.350 e. The predicted octanol–water partition coefficient (Wildman–Crippen LogP) is 1.81. The van der Waals surface area contributed by atoms with Gasteiger partial charge in [0.1, 0.15) is 6.04 Å². The maximum atomic E-state index is 12.0. The minimum absolute atomic E-state index is 0.130. The van der Waals surface area contributed by atoms with E-state index in [4.69, 9.17) is 0 Å². The molecule has 3 N–H and O–H groups in total. The van der Waals surface area contributed by atoms with Crippen molar-refractivity contribution in [2.45, 2.75) is 47.2 Å². The molecule has 0 radical (unpaired) electrons. The largest absolute Gasteiger partial charge is 0.350 e. The first-order valence-corrected chi connectivity index (χ1v) is 7.55. The molecule has 0 saturated carbocycles. The molecule has 3 amide bonds. The van der Waals surface area contributed by atoms with Crippen LogP contribution < -0.4 is 16.0 Å². The van der Waals surface area contributed by atoms with Gasteiger partial charge in [0, 0.05) is 24.6 Å². The van der Waals surface area contributed by atoms with Gasteiger partial charge in [-0.05, 0) is 24.6 Å². The summed E-state index contributed by atoms with van der Waals surface area (Å²) in [5.74, 6) is -0.539. The van der Waals surface area contributed by atoms with Crippen LogP contribution in [0.3, 0.4) is 0 Å². The molecule has 0 spiro atoms. The summed E-state index contributed by atoms with van der Waals surface area (Å²) in [6.07, 6.45) is 0. The lowest BCUT2D eigenvalue weighted by atomic mass is 9.95. The standard InChI is InChI=1S/C17H25N3O3/c1-11(19-16(23)17(3,4)5)15(22)18-10-13-6-8-14(9-7-13)20-12(2)21/h6-9,11H,10H2,1-5H3,(H,18,22)(H,19,23)(H,20,21)/t11-/m1/s1. The first-order chi connectivity index (χ1) is 10.6. The number of hydrogen-bond acceptors (Lipinski definition) is 3. The van der Waals surface area contributed by atoms with Gasteiger partial charge < -0.3 is 16.0 Å². The van der Waals surface area contributed by atoms with Gasteiger partial charge in [0.05, 0.1) is 0 Å². The molecule has 1 aromatic rings. The van der Waals surface area contributed by atoms with Gasteiger partial charge in [-0.15, -0.1) is 0 Å². The van der Waals surface area contributed by atoms with E-state index in [2.05, 4.69) is 16.0 Å². The Labute approximate surface area is 137 Å². The fourth-order valence-electron chi connectivity index (χ4n) is 1.73. The Hall–Kier alpha value is -2.37. The highest BCUT2D eigenvalue weighted by atomic mass is 16.2.